The summed E-state index contributed by atoms with van der Waals surface area (Å²) >= 11 is 0. The van der Waals surface area contributed by atoms with Crippen LogP contribution in [0.5, 0.6) is 0 Å². The van der Waals surface area contributed by atoms with Crippen LogP contribution in [0.1, 0.15) is 34.1 Å². The average Bonchev–Trinajstić information content (AvgIpc) is 2.23. The molecule has 0 bridgehead atoms. The summed E-state index contributed by atoms with van der Waals surface area (Å²) < 4.78 is 26.9. The Labute approximate surface area is 118 Å². The minimum Gasteiger partial charge on any atom is -0.327 e. The van der Waals surface area contributed by atoms with E-state index >= 15 is 0 Å². The van der Waals surface area contributed by atoms with E-state index in [4.69, 9.17) is 5.73 Å². The largest absolute Gasteiger partial charge is 0.327 e. The van der Waals surface area contributed by atoms with E-state index in [2.05, 4.69) is 0 Å². The quantitative estimate of drug-likeness (QED) is 0.771. The number of nitrogens with zero attached hydrogens (tertiary/aromatic N) is 2. The molecule has 0 spiro atoms. The number of halogens is 1. The zero-order valence-corrected chi connectivity index (χ0v) is 13.9. The van der Waals surface area contributed by atoms with Crippen LogP contribution in [0.25, 0.3) is 0 Å². The number of hydrogen-bond acceptors (Lipinski definition) is 3. The lowest BCUT2D eigenvalue weighted by Gasteiger charge is -2.28. The molecule has 5 nitrogen and oxygen atoms in total. The van der Waals surface area contributed by atoms with Crippen molar-refractivity contribution in [2.24, 2.45) is 11.7 Å². The predicted molar refractivity (Wildman–Crippen MR) is 79.1 cm³/mol. The molecule has 0 saturated heterocycles. The highest BCUT2D eigenvalue weighted by Gasteiger charge is 2.25. The first-order chi connectivity index (χ1) is 7.60. The molecule has 0 aromatic rings. The Kier molecular flexibility index (Phi) is 9.45. The minimum atomic E-state index is -3.35. The molecule has 1 atom stereocenters. The van der Waals surface area contributed by atoms with E-state index in [9.17, 15) is 8.42 Å². The van der Waals surface area contributed by atoms with Crippen molar-refractivity contribution in [2.75, 3.05) is 20.6 Å². The lowest BCUT2D eigenvalue weighted by Crippen LogP contribution is -2.44. The highest BCUT2D eigenvalue weighted by atomic mass is 35.5. The molecule has 0 aromatic heterocycles. The first-order valence-corrected chi connectivity index (χ1v) is 7.45. The first kappa shape index (κ1) is 20.4. The van der Waals surface area contributed by atoms with Crippen LogP contribution in [-0.4, -0.2) is 49.8 Å². The van der Waals surface area contributed by atoms with Crippen LogP contribution in [0.3, 0.4) is 0 Å². The van der Waals surface area contributed by atoms with Gasteiger partial charge in [0.25, 0.3) is 10.2 Å². The molecule has 18 heavy (non-hydrogen) atoms. The Morgan fingerprint density at radius 1 is 1.11 bits per heavy atom. The van der Waals surface area contributed by atoms with Gasteiger partial charge >= 0.3 is 0 Å². The van der Waals surface area contributed by atoms with Gasteiger partial charge in [0.2, 0.25) is 0 Å². The SMILES string of the molecule is CC(C)C(N)CCN(C)S(=O)(=O)N(C)C(C)C.Cl. The van der Waals surface area contributed by atoms with Crippen LogP contribution in [0.2, 0.25) is 0 Å². The molecule has 1 unspecified atom stereocenters. The lowest BCUT2D eigenvalue weighted by molar-refractivity contribution is 0.342. The van der Waals surface area contributed by atoms with Gasteiger partial charge in [-0.15, -0.1) is 12.4 Å². The molecule has 0 rings (SSSR count). The van der Waals surface area contributed by atoms with Crippen LogP contribution >= 0.6 is 12.4 Å². The maximum atomic E-state index is 12.1. The van der Waals surface area contributed by atoms with Crippen molar-refractivity contribution >= 4 is 22.6 Å². The highest BCUT2D eigenvalue weighted by Crippen LogP contribution is 2.10. The maximum absolute atomic E-state index is 12.1. The van der Waals surface area contributed by atoms with Crippen molar-refractivity contribution in [1.82, 2.24) is 8.61 Å². The molecular formula is C11H28ClN3O2S. The fourth-order valence-electron chi connectivity index (χ4n) is 1.27. The molecule has 0 aromatic carbocycles. The Morgan fingerprint density at radius 2 is 1.56 bits per heavy atom. The summed E-state index contributed by atoms with van der Waals surface area (Å²) in [7, 11) is -0.154. The summed E-state index contributed by atoms with van der Waals surface area (Å²) in [5.74, 6) is 0.369. The van der Waals surface area contributed by atoms with Crippen LogP contribution in [0.15, 0.2) is 0 Å². The molecule has 2 N–H and O–H groups in total. The highest BCUT2D eigenvalue weighted by molar-refractivity contribution is 7.86. The van der Waals surface area contributed by atoms with Crippen LogP contribution < -0.4 is 5.73 Å². The van der Waals surface area contributed by atoms with E-state index in [0.29, 0.717) is 18.9 Å². The molecule has 112 valence electrons. The fraction of sp³-hybridized carbons (Fsp3) is 1.00. The molecular weight excluding hydrogens is 274 g/mol. The van der Waals surface area contributed by atoms with Gasteiger partial charge in [-0.1, -0.05) is 13.8 Å². The van der Waals surface area contributed by atoms with Crippen LogP contribution in [0, 0.1) is 5.92 Å². The van der Waals surface area contributed by atoms with Gasteiger partial charge in [0.05, 0.1) is 0 Å². The van der Waals surface area contributed by atoms with Crippen molar-refractivity contribution in [2.45, 2.75) is 46.2 Å². The summed E-state index contributed by atoms with van der Waals surface area (Å²) in [6.45, 7) is 8.24. The Hall–Kier alpha value is 0.120. The molecule has 0 aliphatic heterocycles. The Bertz CT molecular complexity index is 320. The average molecular weight is 302 g/mol. The maximum Gasteiger partial charge on any atom is 0.281 e. The number of nitrogens with two attached hydrogens (primary N) is 1. The molecule has 0 heterocycles. The molecule has 0 fully saturated rings. The number of rotatable bonds is 7. The first-order valence-electron chi connectivity index (χ1n) is 6.05. The second-order valence-corrected chi connectivity index (χ2v) is 7.23. The number of hydrogen-bond donors (Lipinski definition) is 1. The van der Waals surface area contributed by atoms with Gasteiger partial charge in [0, 0.05) is 32.7 Å². The molecule has 0 radical (unpaired) electrons. The van der Waals surface area contributed by atoms with Gasteiger partial charge in [-0.3, -0.25) is 0 Å². The zero-order chi connectivity index (χ0) is 13.8. The molecule has 0 aliphatic carbocycles. The standard InChI is InChI=1S/C11H27N3O2S.ClH/c1-9(2)11(12)7-8-13(5)17(15,16)14(6)10(3)4;/h9-11H,7-8,12H2,1-6H3;1H. The van der Waals surface area contributed by atoms with E-state index in [1.807, 2.05) is 27.7 Å². The van der Waals surface area contributed by atoms with Crippen molar-refractivity contribution in [3.63, 3.8) is 0 Å². The van der Waals surface area contributed by atoms with Crippen LogP contribution in [0.4, 0.5) is 0 Å². The van der Waals surface area contributed by atoms with Gasteiger partial charge in [-0.05, 0) is 26.2 Å². The van der Waals surface area contributed by atoms with Gasteiger partial charge in [0.1, 0.15) is 0 Å². The second kappa shape index (κ2) is 8.32. The third kappa shape index (κ3) is 5.84. The topological polar surface area (TPSA) is 66.6 Å². The van der Waals surface area contributed by atoms with Crippen molar-refractivity contribution in [3.05, 3.63) is 0 Å². The van der Waals surface area contributed by atoms with Crippen molar-refractivity contribution in [3.8, 4) is 0 Å². The molecule has 7 heteroatoms. The fourth-order valence-corrected chi connectivity index (χ4v) is 2.57. The minimum absolute atomic E-state index is 0. The third-order valence-electron chi connectivity index (χ3n) is 3.12. The summed E-state index contributed by atoms with van der Waals surface area (Å²) in [5.41, 5.74) is 5.91. The zero-order valence-electron chi connectivity index (χ0n) is 12.3. The van der Waals surface area contributed by atoms with Crippen molar-refractivity contribution in [1.29, 1.82) is 0 Å². The smallest absolute Gasteiger partial charge is 0.281 e. The molecule has 0 amide bonds. The Morgan fingerprint density at radius 3 is 1.89 bits per heavy atom. The van der Waals surface area contributed by atoms with E-state index in [1.54, 1.807) is 14.1 Å². The monoisotopic (exact) mass is 301 g/mol. The van der Waals surface area contributed by atoms with Crippen molar-refractivity contribution < 1.29 is 8.42 Å². The van der Waals surface area contributed by atoms with E-state index in [0.717, 1.165) is 0 Å². The Balaban J connectivity index is 0. The summed E-state index contributed by atoms with van der Waals surface area (Å²) in [5, 5.41) is 0. The van der Waals surface area contributed by atoms with Gasteiger partial charge < -0.3 is 5.73 Å². The summed E-state index contributed by atoms with van der Waals surface area (Å²) in [6, 6.07) is -0.00164. The lowest BCUT2D eigenvalue weighted by atomic mass is 10.0. The summed E-state index contributed by atoms with van der Waals surface area (Å²) in [6.07, 6.45) is 0.680. The predicted octanol–water partition coefficient (Wildman–Crippen LogP) is 1.30. The third-order valence-corrected chi connectivity index (χ3v) is 5.24. The molecule has 0 aliphatic rings. The molecule has 0 saturated carbocycles. The van der Waals surface area contributed by atoms with E-state index in [1.165, 1.54) is 8.61 Å². The van der Waals surface area contributed by atoms with Gasteiger partial charge in [-0.2, -0.15) is 17.0 Å². The second-order valence-electron chi connectivity index (χ2n) is 5.14. The van der Waals surface area contributed by atoms with Gasteiger partial charge in [-0.25, -0.2) is 0 Å². The summed E-state index contributed by atoms with van der Waals surface area (Å²) in [4.78, 5) is 0. The normalized spacial score (nSPS) is 14.4. The van der Waals surface area contributed by atoms with Crippen LogP contribution in [-0.2, 0) is 10.2 Å². The van der Waals surface area contributed by atoms with E-state index < -0.39 is 10.2 Å². The van der Waals surface area contributed by atoms with Gasteiger partial charge in [0.15, 0.2) is 0 Å². The van der Waals surface area contributed by atoms with E-state index in [-0.39, 0.29) is 24.5 Å².